The van der Waals surface area contributed by atoms with E-state index in [0.29, 0.717) is 24.3 Å². The molecule has 1 atom stereocenters. The van der Waals surface area contributed by atoms with E-state index in [1.807, 2.05) is 24.4 Å². The minimum atomic E-state index is 0.300. The Balaban J connectivity index is 1.44. The molecular weight excluding hydrogens is 330 g/mol. The normalized spacial score (nSPS) is 20.3. The van der Waals surface area contributed by atoms with Crippen LogP contribution in [-0.4, -0.2) is 50.3 Å². The van der Waals surface area contributed by atoms with Gasteiger partial charge in [-0.1, -0.05) is 0 Å². The number of H-pyrrole nitrogens is 1. The first-order chi connectivity index (χ1) is 12.7. The second-order valence-corrected chi connectivity index (χ2v) is 7.23. The summed E-state index contributed by atoms with van der Waals surface area (Å²) in [5.74, 6) is 2.24. The monoisotopic (exact) mass is 351 g/mol. The second-order valence-electron chi connectivity index (χ2n) is 7.23. The van der Waals surface area contributed by atoms with Crippen LogP contribution in [0.1, 0.15) is 19.3 Å². The number of ether oxygens (including phenoxy) is 1. The summed E-state index contributed by atoms with van der Waals surface area (Å²) >= 11 is 0. The third kappa shape index (κ3) is 2.55. The van der Waals surface area contributed by atoms with Gasteiger partial charge in [-0.2, -0.15) is 5.10 Å². The Kier molecular flexibility index (Phi) is 3.48. The number of aromatic nitrogens is 4. The first-order valence-corrected chi connectivity index (χ1v) is 9.06. The number of nitrogens with one attached hydrogen (secondary N) is 1. The number of hydrogen-bond donors (Lipinski definition) is 1. The number of rotatable bonds is 5. The molecule has 3 aromatic rings. The van der Waals surface area contributed by atoms with E-state index in [1.54, 1.807) is 13.3 Å². The van der Waals surface area contributed by atoms with Crippen LogP contribution in [0.5, 0.6) is 5.75 Å². The summed E-state index contributed by atoms with van der Waals surface area (Å²) in [4.78, 5) is 18.8. The molecule has 0 radical (unpaired) electrons. The van der Waals surface area contributed by atoms with E-state index in [4.69, 9.17) is 4.74 Å². The number of aromatic amines is 1. The van der Waals surface area contributed by atoms with Crippen molar-refractivity contribution >= 4 is 16.8 Å². The SMILES string of the molecule is COc1ccc2[nH]nc(-c3nccn3CC3CC(=O)N(C4CC4)C3)c2c1. The largest absolute Gasteiger partial charge is 0.497 e. The zero-order valence-corrected chi connectivity index (χ0v) is 14.7. The van der Waals surface area contributed by atoms with Gasteiger partial charge in [-0.05, 0) is 31.0 Å². The van der Waals surface area contributed by atoms with Gasteiger partial charge in [0.15, 0.2) is 5.82 Å². The highest BCUT2D eigenvalue weighted by molar-refractivity contribution is 5.92. The van der Waals surface area contributed by atoms with Gasteiger partial charge in [0.1, 0.15) is 11.4 Å². The van der Waals surface area contributed by atoms with Crippen LogP contribution in [0.2, 0.25) is 0 Å². The molecule has 2 fully saturated rings. The molecule has 1 amide bonds. The predicted molar refractivity (Wildman–Crippen MR) is 96.7 cm³/mol. The van der Waals surface area contributed by atoms with E-state index in [0.717, 1.165) is 54.1 Å². The molecule has 1 saturated carbocycles. The molecule has 2 aromatic heterocycles. The quantitative estimate of drug-likeness (QED) is 0.766. The van der Waals surface area contributed by atoms with Gasteiger partial charge in [-0.25, -0.2) is 4.98 Å². The van der Waals surface area contributed by atoms with Gasteiger partial charge in [0.25, 0.3) is 0 Å². The number of likely N-dealkylation sites (tertiary alicyclic amines) is 1. The van der Waals surface area contributed by atoms with Crippen molar-refractivity contribution in [3.63, 3.8) is 0 Å². The first kappa shape index (κ1) is 15.4. The van der Waals surface area contributed by atoms with Crippen molar-refractivity contribution in [3.8, 4) is 17.3 Å². The highest BCUT2D eigenvalue weighted by Crippen LogP contribution is 2.34. The molecule has 0 spiro atoms. The number of carbonyl (C=O) groups excluding carboxylic acids is 1. The number of imidazole rings is 1. The van der Waals surface area contributed by atoms with Crippen molar-refractivity contribution in [2.75, 3.05) is 13.7 Å². The van der Waals surface area contributed by atoms with Crippen molar-refractivity contribution in [1.29, 1.82) is 0 Å². The molecular formula is C19H21N5O2. The molecule has 1 aromatic carbocycles. The van der Waals surface area contributed by atoms with Crippen LogP contribution >= 0.6 is 0 Å². The third-order valence-corrected chi connectivity index (χ3v) is 5.38. The van der Waals surface area contributed by atoms with E-state index < -0.39 is 0 Å². The standard InChI is InChI=1S/C19H21N5O2/c1-26-14-4-5-16-15(9-14)18(22-21-16)19-20-6-7-23(19)10-12-8-17(25)24(11-12)13-2-3-13/h4-7,9,12-13H,2-3,8,10-11H2,1H3,(H,21,22). The maximum absolute atomic E-state index is 12.2. The molecule has 3 heterocycles. The van der Waals surface area contributed by atoms with E-state index in [1.165, 1.54) is 0 Å². The molecule has 0 bridgehead atoms. The molecule has 1 saturated heterocycles. The lowest BCUT2D eigenvalue weighted by Crippen LogP contribution is -2.27. The van der Waals surface area contributed by atoms with E-state index >= 15 is 0 Å². The average Bonchev–Trinajstić information content (AvgIpc) is 3.07. The summed E-state index contributed by atoms with van der Waals surface area (Å²) < 4.78 is 7.46. The fraction of sp³-hybridized carbons (Fsp3) is 0.421. The van der Waals surface area contributed by atoms with Crippen LogP contribution in [0.25, 0.3) is 22.4 Å². The lowest BCUT2D eigenvalue weighted by molar-refractivity contribution is -0.128. The van der Waals surface area contributed by atoms with Crippen molar-refractivity contribution in [1.82, 2.24) is 24.6 Å². The summed E-state index contributed by atoms with van der Waals surface area (Å²) in [6.07, 6.45) is 6.72. The van der Waals surface area contributed by atoms with Gasteiger partial charge in [-0.3, -0.25) is 9.89 Å². The number of carbonyl (C=O) groups is 1. The minimum absolute atomic E-state index is 0.300. The average molecular weight is 351 g/mol. The highest BCUT2D eigenvalue weighted by atomic mass is 16.5. The summed E-state index contributed by atoms with van der Waals surface area (Å²) in [5.41, 5.74) is 1.76. The predicted octanol–water partition coefficient (Wildman–Crippen LogP) is 2.45. The van der Waals surface area contributed by atoms with E-state index in [-0.39, 0.29) is 0 Å². The zero-order valence-electron chi connectivity index (χ0n) is 14.7. The van der Waals surface area contributed by atoms with Crippen molar-refractivity contribution in [2.45, 2.75) is 31.8 Å². The zero-order chi connectivity index (χ0) is 17.7. The molecule has 1 aliphatic carbocycles. The molecule has 7 heteroatoms. The third-order valence-electron chi connectivity index (χ3n) is 5.38. The molecule has 5 rings (SSSR count). The van der Waals surface area contributed by atoms with E-state index in [9.17, 15) is 4.79 Å². The van der Waals surface area contributed by atoms with Crippen LogP contribution in [0.15, 0.2) is 30.6 Å². The van der Waals surface area contributed by atoms with Crippen molar-refractivity contribution in [2.24, 2.45) is 5.92 Å². The van der Waals surface area contributed by atoms with Crippen LogP contribution in [-0.2, 0) is 11.3 Å². The molecule has 26 heavy (non-hydrogen) atoms. The van der Waals surface area contributed by atoms with Gasteiger partial charge in [0, 0.05) is 49.2 Å². The maximum Gasteiger partial charge on any atom is 0.223 e. The number of nitrogens with zero attached hydrogens (tertiary/aromatic N) is 4. The van der Waals surface area contributed by atoms with Crippen LogP contribution < -0.4 is 4.74 Å². The lowest BCUT2D eigenvalue weighted by Gasteiger charge is -2.16. The van der Waals surface area contributed by atoms with Gasteiger partial charge in [0.05, 0.1) is 12.6 Å². The van der Waals surface area contributed by atoms with Crippen molar-refractivity contribution in [3.05, 3.63) is 30.6 Å². The Bertz CT molecular complexity index is 971. The van der Waals surface area contributed by atoms with Gasteiger partial charge in [0.2, 0.25) is 5.91 Å². The molecule has 1 N–H and O–H groups in total. The molecule has 1 aliphatic heterocycles. The van der Waals surface area contributed by atoms with Crippen LogP contribution in [0.4, 0.5) is 0 Å². The molecule has 134 valence electrons. The minimum Gasteiger partial charge on any atom is -0.497 e. The van der Waals surface area contributed by atoms with Gasteiger partial charge >= 0.3 is 0 Å². The second kappa shape index (κ2) is 5.86. The fourth-order valence-electron chi connectivity index (χ4n) is 3.91. The summed E-state index contributed by atoms with van der Waals surface area (Å²) in [6, 6.07) is 6.34. The van der Waals surface area contributed by atoms with Crippen LogP contribution in [0.3, 0.4) is 0 Å². The Hall–Kier alpha value is -2.83. The topological polar surface area (TPSA) is 76.0 Å². The van der Waals surface area contributed by atoms with Crippen molar-refractivity contribution < 1.29 is 9.53 Å². The number of hydrogen-bond acceptors (Lipinski definition) is 4. The maximum atomic E-state index is 12.2. The first-order valence-electron chi connectivity index (χ1n) is 9.06. The highest BCUT2D eigenvalue weighted by Gasteiger charge is 2.39. The number of fused-ring (bicyclic) bond motifs is 1. The number of amides is 1. The van der Waals surface area contributed by atoms with E-state index in [2.05, 4.69) is 24.6 Å². The smallest absolute Gasteiger partial charge is 0.223 e. The lowest BCUT2D eigenvalue weighted by atomic mass is 10.1. The Labute approximate surface area is 151 Å². The Morgan fingerprint density at radius 2 is 2.23 bits per heavy atom. The number of methoxy groups -OCH3 is 1. The fourth-order valence-corrected chi connectivity index (χ4v) is 3.91. The van der Waals surface area contributed by atoms with Crippen LogP contribution in [0, 0.1) is 5.92 Å². The Morgan fingerprint density at radius 1 is 1.35 bits per heavy atom. The molecule has 7 nitrogen and oxygen atoms in total. The summed E-state index contributed by atoms with van der Waals surface area (Å²) in [5, 5.41) is 8.53. The summed E-state index contributed by atoms with van der Waals surface area (Å²) in [6.45, 7) is 1.64. The van der Waals surface area contributed by atoms with Gasteiger partial charge < -0.3 is 14.2 Å². The Morgan fingerprint density at radius 3 is 3.04 bits per heavy atom. The number of benzene rings is 1. The molecule has 1 unspecified atom stereocenters. The molecule has 2 aliphatic rings. The summed E-state index contributed by atoms with van der Waals surface area (Å²) in [7, 11) is 1.66. The van der Waals surface area contributed by atoms with Gasteiger partial charge in [-0.15, -0.1) is 0 Å².